The summed E-state index contributed by atoms with van der Waals surface area (Å²) in [7, 11) is 1.63. The lowest BCUT2D eigenvalue weighted by atomic mass is 9.94. The molecule has 1 aliphatic rings. The number of carbonyl (C=O) groups excluding carboxylic acids is 2. The van der Waals surface area contributed by atoms with Crippen LogP contribution in [0.5, 0.6) is 0 Å². The number of allylic oxidation sites excluding steroid dienone is 1. The second-order valence-electron chi connectivity index (χ2n) is 7.10. The zero-order valence-corrected chi connectivity index (χ0v) is 17.4. The first-order valence-corrected chi connectivity index (χ1v) is 10.0. The van der Waals surface area contributed by atoms with Crippen molar-refractivity contribution in [2.75, 3.05) is 13.7 Å². The number of nitrogens with one attached hydrogen (secondary N) is 1. The third-order valence-corrected chi connectivity index (χ3v) is 5.13. The molecule has 8 nitrogen and oxygen atoms in total. The number of esters is 1. The smallest absolute Gasteiger partial charge is 0.338 e. The van der Waals surface area contributed by atoms with Crippen LogP contribution in [-0.4, -0.2) is 45.5 Å². The van der Waals surface area contributed by atoms with Crippen molar-refractivity contribution in [1.29, 1.82) is 0 Å². The van der Waals surface area contributed by atoms with E-state index in [1.165, 1.54) is 4.90 Å². The van der Waals surface area contributed by atoms with E-state index >= 15 is 0 Å². The molecule has 31 heavy (non-hydrogen) atoms. The van der Waals surface area contributed by atoms with Gasteiger partial charge in [-0.25, -0.2) is 14.3 Å². The molecule has 0 fully saturated rings. The fourth-order valence-corrected chi connectivity index (χ4v) is 3.56. The Morgan fingerprint density at radius 2 is 1.77 bits per heavy atom. The number of hydrogen-bond donors (Lipinski definition) is 1. The number of ether oxygens (including phenoxy) is 1. The number of hydrogen-bond acceptors (Lipinski definition) is 5. The minimum atomic E-state index is -0.615. The van der Waals surface area contributed by atoms with Crippen molar-refractivity contribution in [2.45, 2.75) is 19.5 Å². The van der Waals surface area contributed by atoms with Gasteiger partial charge >= 0.3 is 12.0 Å². The van der Waals surface area contributed by atoms with Crippen LogP contribution in [0.3, 0.4) is 0 Å². The summed E-state index contributed by atoms with van der Waals surface area (Å²) in [6, 6.07) is 18.1. The van der Waals surface area contributed by atoms with E-state index in [1.807, 2.05) is 60.7 Å². The highest BCUT2D eigenvalue weighted by molar-refractivity contribution is 5.95. The predicted octanol–water partition coefficient (Wildman–Crippen LogP) is 3.16. The molecule has 0 bridgehead atoms. The molecule has 3 aromatic rings. The molecule has 2 amide bonds. The van der Waals surface area contributed by atoms with Crippen molar-refractivity contribution in [2.24, 2.45) is 0 Å². The maximum absolute atomic E-state index is 13.0. The number of carbonyl (C=O) groups is 2. The lowest BCUT2D eigenvalue weighted by Gasteiger charge is -2.34. The maximum atomic E-state index is 13.0. The molecule has 1 aliphatic heterocycles. The first-order valence-electron chi connectivity index (χ1n) is 10.0. The molecule has 0 aliphatic carbocycles. The van der Waals surface area contributed by atoms with Crippen LogP contribution in [0, 0.1) is 0 Å². The highest BCUT2D eigenvalue weighted by Gasteiger charge is 2.36. The Kier molecular flexibility index (Phi) is 5.79. The fraction of sp³-hybridized carbons (Fsp3) is 0.217. The number of rotatable bonds is 6. The van der Waals surface area contributed by atoms with Gasteiger partial charge in [0.1, 0.15) is 5.69 Å². The summed E-state index contributed by atoms with van der Waals surface area (Å²) in [4.78, 5) is 27.1. The van der Waals surface area contributed by atoms with Gasteiger partial charge in [-0.3, -0.25) is 4.90 Å². The third kappa shape index (κ3) is 4.18. The number of urea groups is 1. The van der Waals surface area contributed by atoms with E-state index in [2.05, 4.69) is 15.6 Å². The second-order valence-corrected chi connectivity index (χ2v) is 7.10. The molecule has 4 rings (SSSR count). The van der Waals surface area contributed by atoms with Crippen LogP contribution in [0.15, 0.2) is 78.1 Å². The van der Waals surface area contributed by atoms with Gasteiger partial charge in [0, 0.05) is 12.6 Å². The minimum Gasteiger partial charge on any atom is -0.463 e. The number of benzene rings is 2. The highest BCUT2D eigenvalue weighted by atomic mass is 16.5. The van der Waals surface area contributed by atoms with Crippen molar-refractivity contribution in [3.05, 3.63) is 83.7 Å². The van der Waals surface area contributed by atoms with Crippen molar-refractivity contribution in [1.82, 2.24) is 25.2 Å². The van der Waals surface area contributed by atoms with E-state index in [4.69, 9.17) is 4.74 Å². The van der Waals surface area contributed by atoms with E-state index in [9.17, 15) is 9.59 Å². The van der Waals surface area contributed by atoms with E-state index in [1.54, 1.807) is 24.9 Å². The molecular formula is C23H23N5O3. The topological polar surface area (TPSA) is 89.4 Å². The van der Waals surface area contributed by atoms with Crippen LogP contribution < -0.4 is 5.32 Å². The number of nitrogens with zero attached hydrogens (tertiary/aromatic N) is 4. The fourth-order valence-electron chi connectivity index (χ4n) is 3.56. The molecule has 8 heteroatoms. The van der Waals surface area contributed by atoms with Crippen LogP contribution in [0.4, 0.5) is 4.79 Å². The van der Waals surface area contributed by atoms with Gasteiger partial charge in [-0.15, -0.1) is 5.10 Å². The Balaban J connectivity index is 1.76. The van der Waals surface area contributed by atoms with Crippen molar-refractivity contribution in [3.63, 3.8) is 0 Å². The van der Waals surface area contributed by atoms with Crippen LogP contribution in [0.1, 0.15) is 18.5 Å². The molecule has 1 aromatic heterocycles. The van der Waals surface area contributed by atoms with Crippen molar-refractivity contribution >= 4 is 12.0 Å². The zero-order valence-electron chi connectivity index (χ0n) is 17.4. The summed E-state index contributed by atoms with van der Waals surface area (Å²) in [5.41, 5.74) is 3.34. The Morgan fingerprint density at radius 3 is 2.45 bits per heavy atom. The first-order chi connectivity index (χ1) is 15.1. The Labute approximate surface area is 180 Å². The second kappa shape index (κ2) is 8.83. The molecule has 0 spiro atoms. The standard InChI is InChI=1S/C23H23N5O3/c1-3-31-22(29)20-19(15-28-14-18(25-26-28)16-10-6-4-7-11-16)27(2)23(30)24-21(20)17-12-8-5-9-13-17/h4-14,21H,3,15H2,1-2H3,(H,24,30). The van der Waals surface area contributed by atoms with Gasteiger partial charge in [0.25, 0.3) is 0 Å². The monoisotopic (exact) mass is 417 g/mol. The number of aromatic nitrogens is 3. The molecule has 0 saturated heterocycles. The lowest BCUT2D eigenvalue weighted by molar-refractivity contribution is -0.139. The van der Waals surface area contributed by atoms with Gasteiger partial charge in [-0.1, -0.05) is 65.9 Å². The summed E-state index contributed by atoms with van der Waals surface area (Å²) in [6.45, 7) is 2.18. The van der Waals surface area contributed by atoms with Gasteiger partial charge in [-0.2, -0.15) is 0 Å². The van der Waals surface area contributed by atoms with Crippen LogP contribution >= 0.6 is 0 Å². The van der Waals surface area contributed by atoms with Crippen LogP contribution in [0.2, 0.25) is 0 Å². The molecular weight excluding hydrogens is 394 g/mol. The van der Waals surface area contributed by atoms with Crippen molar-refractivity contribution in [3.8, 4) is 11.3 Å². The van der Waals surface area contributed by atoms with E-state index in [0.717, 1.165) is 11.1 Å². The summed E-state index contributed by atoms with van der Waals surface area (Å²) in [5, 5.41) is 11.3. The third-order valence-electron chi connectivity index (χ3n) is 5.13. The average molecular weight is 417 g/mol. The maximum Gasteiger partial charge on any atom is 0.338 e. The van der Waals surface area contributed by atoms with E-state index < -0.39 is 12.0 Å². The van der Waals surface area contributed by atoms with Gasteiger partial charge in [0.2, 0.25) is 0 Å². The summed E-state index contributed by atoms with van der Waals surface area (Å²) < 4.78 is 6.96. The van der Waals surface area contributed by atoms with E-state index in [0.29, 0.717) is 17.0 Å². The molecule has 0 radical (unpaired) electrons. The largest absolute Gasteiger partial charge is 0.463 e. The van der Waals surface area contributed by atoms with Crippen LogP contribution in [-0.2, 0) is 16.1 Å². The van der Waals surface area contributed by atoms with Gasteiger partial charge in [0.05, 0.1) is 36.7 Å². The summed E-state index contributed by atoms with van der Waals surface area (Å²) >= 11 is 0. The Bertz CT molecular complexity index is 1110. The zero-order chi connectivity index (χ0) is 21.8. The SMILES string of the molecule is CCOC(=O)C1=C(Cn2cc(-c3ccccc3)nn2)N(C)C(=O)NC1c1ccccc1. The van der Waals surface area contributed by atoms with Gasteiger partial charge in [0.15, 0.2) is 0 Å². The van der Waals surface area contributed by atoms with Gasteiger partial charge in [-0.05, 0) is 12.5 Å². The number of likely N-dealkylation sites (N-methyl/N-ethyl adjacent to an activating group) is 1. The molecule has 1 atom stereocenters. The quantitative estimate of drug-likeness (QED) is 0.623. The summed E-state index contributed by atoms with van der Waals surface area (Å²) in [6.07, 6.45) is 1.79. The minimum absolute atomic E-state index is 0.196. The molecule has 1 unspecified atom stereocenters. The molecule has 158 valence electrons. The molecule has 0 saturated carbocycles. The average Bonchev–Trinajstić information content (AvgIpc) is 3.27. The molecule has 2 aromatic carbocycles. The van der Waals surface area contributed by atoms with Crippen molar-refractivity contribution < 1.29 is 14.3 Å². The Hall–Kier alpha value is -3.94. The summed E-state index contributed by atoms with van der Waals surface area (Å²) in [5.74, 6) is -0.471. The first kappa shape index (κ1) is 20.3. The predicted molar refractivity (Wildman–Crippen MR) is 115 cm³/mol. The number of amides is 2. The Morgan fingerprint density at radius 1 is 1.10 bits per heavy atom. The van der Waals surface area contributed by atoms with Crippen LogP contribution in [0.25, 0.3) is 11.3 Å². The lowest BCUT2D eigenvalue weighted by Crippen LogP contribution is -2.47. The molecule has 1 N–H and O–H groups in total. The molecule has 2 heterocycles. The normalized spacial score (nSPS) is 16.3. The van der Waals surface area contributed by atoms with E-state index in [-0.39, 0.29) is 19.2 Å². The van der Waals surface area contributed by atoms with Gasteiger partial charge < -0.3 is 10.1 Å². The highest BCUT2D eigenvalue weighted by Crippen LogP contribution is 2.31.